The Morgan fingerprint density at radius 3 is 2.52 bits per heavy atom. The van der Waals surface area contributed by atoms with Crippen molar-refractivity contribution < 1.29 is 9.59 Å². The van der Waals surface area contributed by atoms with Crippen molar-refractivity contribution in [2.75, 3.05) is 25.5 Å². The van der Waals surface area contributed by atoms with Crippen LogP contribution in [0.2, 0.25) is 0 Å². The largest absolute Gasteiger partial charge is 0.345 e. The first kappa shape index (κ1) is 23.0. The van der Waals surface area contributed by atoms with Crippen LogP contribution in [-0.4, -0.2) is 43.3 Å². The Balaban J connectivity index is 1.78. The van der Waals surface area contributed by atoms with E-state index in [2.05, 4.69) is 53.7 Å². The van der Waals surface area contributed by atoms with Crippen molar-refractivity contribution in [3.8, 4) is 0 Å². The average molecular weight is 422 g/mol. The van der Waals surface area contributed by atoms with E-state index in [1.807, 2.05) is 36.9 Å². The molecular weight excluding hydrogens is 386 g/mol. The number of amides is 1. The normalized spacial score (nSPS) is 17.9. The molecule has 1 aliphatic heterocycles. The van der Waals surface area contributed by atoms with Gasteiger partial charge in [0.25, 0.3) is 0 Å². The van der Waals surface area contributed by atoms with Crippen LogP contribution in [0.1, 0.15) is 51.1 Å². The lowest BCUT2D eigenvalue weighted by atomic mass is 9.94. The highest BCUT2D eigenvalue weighted by Gasteiger charge is 2.34. The van der Waals surface area contributed by atoms with E-state index in [0.29, 0.717) is 12.8 Å². The number of likely N-dealkylation sites (N-methyl/N-ethyl adjacent to an activating group) is 1. The number of carbonyl (C=O) groups excluding carboxylic acids is 2. The molecule has 1 saturated heterocycles. The third kappa shape index (κ3) is 5.34. The van der Waals surface area contributed by atoms with Crippen LogP contribution in [0.25, 0.3) is 0 Å². The molecule has 0 aromatic heterocycles. The SMILES string of the molecule is CC[C@H](CC(=O)[C@H](C)NC)C(=O)N1CCC[C@H]1c1cccc(N(C)c2ccccc2)c1. The lowest BCUT2D eigenvalue weighted by Crippen LogP contribution is -2.39. The van der Waals surface area contributed by atoms with Crippen LogP contribution >= 0.6 is 0 Å². The Morgan fingerprint density at radius 2 is 1.84 bits per heavy atom. The minimum absolute atomic E-state index is 0.0718. The molecule has 5 nitrogen and oxygen atoms in total. The lowest BCUT2D eigenvalue weighted by molar-refractivity contribution is -0.139. The number of Topliss-reactive ketones (excluding diaryl/α,β-unsaturated/α-hetero) is 1. The Kier molecular flexibility index (Phi) is 7.85. The molecule has 166 valence electrons. The molecule has 1 fully saturated rings. The fourth-order valence-electron chi connectivity index (χ4n) is 4.34. The van der Waals surface area contributed by atoms with Gasteiger partial charge in [-0.25, -0.2) is 0 Å². The van der Waals surface area contributed by atoms with Crippen molar-refractivity contribution in [2.45, 2.75) is 51.6 Å². The molecule has 0 unspecified atom stereocenters. The van der Waals surface area contributed by atoms with Crippen LogP contribution in [0.4, 0.5) is 11.4 Å². The molecule has 31 heavy (non-hydrogen) atoms. The van der Waals surface area contributed by atoms with Crippen molar-refractivity contribution in [3.05, 3.63) is 60.2 Å². The summed E-state index contributed by atoms with van der Waals surface area (Å²) in [6.07, 6.45) is 2.94. The number of nitrogens with one attached hydrogen (secondary N) is 1. The fourth-order valence-corrected chi connectivity index (χ4v) is 4.34. The van der Waals surface area contributed by atoms with Gasteiger partial charge in [0, 0.05) is 37.3 Å². The number of benzene rings is 2. The molecule has 0 aliphatic carbocycles. The first-order chi connectivity index (χ1) is 15.0. The minimum Gasteiger partial charge on any atom is -0.345 e. The van der Waals surface area contributed by atoms with Crippen LogP contribution < -0.4 is 10.2 Å². The second-order valence-electron chi connectivity index (χ2n) is 8.47. The molecule has 1 aliphatic rings. The van der Waals surface area contributed by atoms with Crippen molar-refractivity contribution in [3.63, 3.8) is 0 Å². The zero-order valence-corrected chi connectivity index (χ0v) is 19.2. The quantitative estimate of drug-likeness (QED) is 0.637. The molecule has 5 heteroatoms. The van der Waals surface area contributed by atoms with E-state index in [9.17, 15) is 9.59 Å². The summed E-state index contributed by atoms with van der Waals surface area (Å²) in [4.78, 5) is 30.0. The highest BCUT2D eigenvalue weighted by Crippen LogP contribution is 2.36. The zero-order valence-electron chi connectivity index (χ0n) is 19.2. The molecule has 3 rings (SSSR count). The highest BCUT2D eigenvalue weighted by atomic mass is 16.2. The molecule has 0 spiro atoms. The van der Waals surface area contributed by atoms with Gasteiger partial charge in [-0.2, -0.15) is 0 Å². The molecule has 3 atom stereocenters. The smallest absolute Gasteiger partial charge is 0.226 e. The van der Waals surface area contributed by atoms with Crippen molar-refractivity contribution in [2.24, 2.45) is 5.92 Å². The average Bonchev–Trinajstić information content (AvgIpc) is 3.31. The summed E-state index contributed by atoms with van der Waals surface area (Å²) in [5.41, 5.74) is 3.39. The number of para-hydroxylation sites is 1. The predicted octanol–water partition coefficient (Wildman–Crippen LogP) is 4.71. The van der Waals surface area contributed by atoms with E-state index < -0.39 is 0 Å². The van der Waals surface area contributed by atoms with E-state index in [-0.39, 0.29) is 29.7 Å². The standard InChI is InChI=1S/C26H35N3O2/c1-5-20(18-25(30)19(2)27-3)26(31)29-16-10-15-24(29)21-11-9-14-23(17-21)28(4)22-12-7-6-8-13-22/h6-9,11-14,17,19-20,24,27H,5,10,15-16,18H2,1-4H3/t19-,20+,24-/m0/s1. The van der Waals surface area contributed by atoms with Crippen LogP contribution in [0.15, 0.2) is 54.6 Å². The molecule has 0 radical (unpaired) electrons. The molecule has 0 saturated carbocycles. The van der Waals surface area contributed by atoms with Gasteiger partial charge in [-0.05, 0) is 63.1 Å². The Bertz CT molecular complexity index is 883. The number of anilines is 2. The van der Waals surface area contributed by atoms with E-state index >= 15 is 0 Å². The van der Waals surface area contributed by atoms with Crippen molar-refractivity contribution in [1.29, 1.82) is 0 Å². The van der Waals surface area contributed by atoms with Crippen molar-refractivity contribution >= 4 is 23.1 Å². The van der Waals surface area contributed by atoms with E-state index in [4.69, 9.17) is 0 Å². The molecular formula is C26H35N3O2. The minimum atomic E-state index is -0.251. The van der Waals surface area contributed by atoms with E-state index in [1.165, 1.54) is 0 Å². The van der Waals surface area contributed by atoms with Gasteiger partial charge in [-0.3, -0.25) is 9.59 Å². The number of hydrogen-bond acceptors (Lipinski definition) is 4. The number of carbonyl (C=O) groups is 2. The topological polar surface area (TPSA) is 52.7 Å². The highest BCUT2D eigenvalue weighted by molar-refractivity contribution is 5.89. The molecule has 0 bridgehead atoms. The van der Waals surface area contributed by atoms with Gasteiger partial charge in [-0.1, -0.05) is 37.3 Å². The molecule has 2 aromatic carbocycles. The van der Waals surface area contributed by atoms with Crippen LogP contribution in [0, 0.1) is 5.92 Å². The predicted molar refractivity (Wildman–Crippen MR) is 127 cm³/mol. The summed E-state index contributed by atoms with van der Waals surface area (Å²) in [5.74, 6) is -0.0347. The number of rotatable bonds is 9. The van der Waals surface area contributed by atoms with Gasteiger partial charge in [0.1, 0.15) is 5.78 Å². The second kappa shape index (κ2) is 10.6. The first-order valence-corrected chi connectivity index (χ1v) is 11.4. The fraction of sp³-hybridized carbons (Fsp3) is 0.462. The van der Waals surface area contributed by atoms with Gasteiger partial charge in [0.15, 0.2) is 0 Å². The number of likely N-dealkylation sites (tertiary alicyclic amines) is 1. The maximum Gasteiger partial charge on any atom is 0.226 e. The summed E-state index contributed by atoms with van der Waals surface area (Å²) in [7, 11) is 3.84. The number of ketones is 1. The lowest BCUT2D eigenvalue weighted by Gasteiger charge is -2.30. The second-order valence-corrected chi connectivity index (χ2v) is 8.47. The maximum absolute atomic E-state index is 13.4. The molecule has 1 heterocycles. The third-order valence-corrected chi connectivity index (χ3v) is 6.53. The van der Waals surface area contributed by atoms with Gasteiger partial charge >= 0.3 is 0 Å². The van der Waals surface area contributed by atoms with Crippen LogP contribution in [0.3, 0.4) is 0 Å². The number of hydrogen-bond donors (Lipinski definition) is 1. The van der Waals surface area contributed by atoms with Crippen LogP contribution in [-0.2, 0) is 9.59 Å². The molecule has 2 aromatic rings. The van der Waals surface area contributed by atoms with Gasteiger partial charge in [0.05, 0.1) is 12.1 Å². The van der Waals surface area contributed by atoms with E-state index in [1.54, 1.807) is 7.05 Å². The summed E-state index contributed by atoms with van der Waals surface area (Å²) in [6, 6.07) is 18.6. The van der Waals surface area contributed by atoms with Crippen molar-refractivity contribution in [1.82, 2.24) is 10.2 Å². The molecule has 1 amide bonds. The van der Waals surface area contributed by atoms with E-state index in [0.717, 1.165) is 36.3 Å². The summed E-state index contributed by atoms with van der Waals surface area (Å²) in [5, 5.41) is 2.99. The maximum atomic E-state index is 13.4. The summed E-state index contributed by atoms with van der Waals surface area (Å²) < 4.78 is 0. The summed E-state index contributed by atoms with van der Waals surface area (Å²) >= 11 is 0. The monoisotopic (exact) mass is 421 g/mol. The number of nitrogens with zero attached hydrogens (tertiary/aromatic N) is 2. The first-order valence-electron chi connectivity index (χ1n) is 11.4. The van der Waals surface area contributed by atoms with Gasteiger partial charge in [-0.15, -0.1) is 0 Å². The Labute approximate surface area is 186 Å². The third-order valence-electron chi connectivity index (χ3n) is 6.53. The zero-order chi connectivity index (χ0) is 22.4. The Hall–Kier alpha value is -2.66. The molecule has 1 N–H and O–H groups in total. The van der Waals surface area contributed by atoms with Gasteiger partial charge < -0.3 is 15.1 Å². The van der Waals surface area contributed by atoms with Crippen LogP contribution in [0.5, 0.6) is 0 Å². The summed E-state index contributed by atoms with van der Waals surface area (Å²) in [6.45, 7) is 4.61. The van der Waals surface area contributed by atoms with Gasteiger partial charge in [0.2, 0.25) is 5.91 Å². The Morgan fingerprint density at radius 1 is 1.13 bits per heavy atom.